The molecule has 0 radical (unpaired) electrons. The Morgan fingerprint density at radius 2 is 1.86 bits per heavy atom. The number of hydrogen-bond acceptors (Lipinski definition) is 1. The fourth-order valence-electron chi connectivity index (χ4n) is 2.34. The second-order valence-corrected chi connectivity index (χ2v) is 5.23. The number of carbonyl (C=O) groups is 1. The molecule has 0 atom stereocenters. The summed E-state index contributed by atoms with van der Waals surface area (Å²) in [5.41, 5.74) is 0. The highest BCUT2D eigenvalue weighted by Gasteiger charge is 2.36. The maximum absolute atomic E-state index is 12.0. The van der Waals surface area contributed by atoms with Crippen LogP contribution in [0.2, 0.25) is 0 Å². The van der Waals surface area contributed by atoms with Gasteiger partial charge >= 0.3 is 0 Å². The molecule has 80 valence electrons. The fourth-order valence-corrected chi connectivity index (χ4v) is 2.73. The summed E-state index contributed by atoms with van der Waals surface area (Å²) in [5, 5.41) is 0.919. The van der Waals surface area contributed by atoms with Crippen molar-refractivity contribution in [3.8, 4) is 0 Å². The minimum Gasteiger partial charge on any atom is -0.339 e. The van der Waals surface area contributed by atoms with E-state index in [1.165, 1.54) is 25.7 Å². The van der Waals surface area contributed by atoms with Crippen molar-refractivity contribution in [2.45, 2.75) is 44.6 Å². The second-order valence-electron chi connectivity index (χ2n) is 4.43. The van der Waals surface area contributed by atoms with Gasteiger partial charge in [-0.25, -0.2) is 0 Å². The lowest BCUT2D eigenvalue weighted by atomic mass is 10.2. The van der Waals surface area contributed by atoms with Gasteiger partial charge in [0, 0.05) is 23.8 Å². The summed E-state index contributed by atoms with van der Waals surface area (Å²) in [4.78, 5) is 14.1. The lowest BCUT2D eigenvalue weighted by molar-refractivity contribution is -0.134. The largest absolute Gasteiger partial charge is 0.339 e. The Morgan fingerprint density at radius 3 is 2.36 bits per heavy atom. The zero-order valence-corrected chi connectivity index (χ0v) is 10.1. The normalized spacial score (nSPS) is 22.6. The summed E-state index contributed by atoms with van der Waals surface area (Å²) < 4.78 is 0. The molecule has 0 aromatic rings. The number of nitrogens with zero attached hydrogens (tertiary/aromatic N) is 1. The summed E-state index contributed by atoms with van der Waals surface area (Å²) >= 11 is 3.44. The molecular weight excluding hydrogens is 242 g/mol. The zero-order valence-electron chi connectivity index (χ0n) is 8.54. The van der Waals surface area contributed by atoms with Gasteiger partial charge in [0.15, 0.2) is 0 Å². The van der Waals surface area contributed by atoms with Gasteiger partial charge in [-0.1, -0.05) is 28.8 Å². The number of amides is 1. The summed E-state index contributed by atoms with van der Waals surface area (Å²) in [7, 11) is 0. The van der Waals surface area contributed by atoms with Crippen molar-refractivity contribution in [1.29, 1.82) is 0 Å². The average molecular weight is 260 g/mol. The average Bonchev–Trinajstić information content (AvgIpc) is 2.91. The predicted molar refractivity (Wildman–Crippen MR) is 60.5 cm³/mol. The van der Waals surface area contributed by atoms with E-state index in [0.29, 0.717) is 17.9 Å². The molecule has 0 heterocycles. The summed E-state index contributed by atoms with van der Waals surface area (Å²) in [6.45, 7) is 0.903. The lowest BCUT2D eigenvalue weighted by Gasteiger charge is -2.28. The first-order chi connectivity index (χ1) is 6.83. The van der Waals surface area contributed by atoms with Crippen LogP contribution in [0.4, 0.5) is 0 Å². The van der Waals surface area contributed by atoms with Gasteiger partial charge in [-0.2, -0.15) is 0 Å². The first kappa shape index (κ1) is 10.5. The Labute approximate surface area is 94.2 Å². The monoisotopic (exact) mass is 259 g/mol. The molecule has 2 aliphatic carbocycles. The van der Waals surface area contributed by atoms with Gasteiger partial charge in [0.1, 0.15) is 0 Å². The van der Waals surface area contributed by atoms with E-state index >= 15 is 0 Å². The van der Waals surface area contributed by atoms with Crippen LogP contribution in [0.1, 0.15) is 38.5 Å². The van der Waals surface area contributed by atoms with Crippen LogP contribution >= 0.6 is 15.9 Å². The number of halogens is 1. The van der Waals surface area contributed by atoms with Gasteiger partial charge in [-0.3, -0.25) is 4.79 Å². The molecule has 0 bridgehead atoms. The van der Waals surface area contributed by atoms with E-state index in [-0.39, 0.29) is 0 Å². The molecule has 3 heteroatoms. The van der Waals surface area contributed by atoms with Crippen LogP contribution in [0.5, 0.6) is 0 Å². The maximum atomic E-state index is 12.0. The van der Waals surface area contributed by atoms with Gasteiger partial charge in [0.05, 0.1) is 0 Å². The van der Waals surface area contributed by atoms with Gasteiger partial charge in [0.25, 0.3) is 0 Å². The molecule has 14 heavy (non-hydrogen) atoms. The SMILES string of the molecule is O=C(C1CC1)N(CCBr)C1CCCC1. The highest BCUT2D eigenvalue weighted by Crippen LogP contribution is 2.34. The molecule has 0 aliphatic heterocycles. The highest BCUT2D eigenvalue weighted by atomic mass is 79.9. The third-order valence-electron chi connectivity index (χ3n) is 3.30. The van der Waals surface area contributed by atoms with Crippen molar-refractivity contribution in [3.63, 3.8) is 0 Å². The summed E-state index contributed by atoms with van der Waals surface area (Å²) in [6.07, 6.45) is 7.33. The number of carbonyl (C=O) groups excluding carboxylic acids is 1. The molecule has 2 saturated carbocycles. The van der Waals surface area contributed by atoms with E-state index in [2.05, 4.69) is 20.8 Å². The van der Waals surface area contributed by atoms with Crippen LogP contribution in [-0.4, -0.2) is 28.7 Å². The van der Waals surface area contributed by atoms with E-state index < -0.39 is 0 Å². The molecule has 1 amide bonds. The smallest absolute Gasteiger partial charge is 0.225 e. The first-order valence-electron chi connectivity index (χ1n) is 5.69. The molecular formula is C11H18BrNO. The third kappa shape index (κ3) is 2.30. The highest BCUT2D eigenvalue weighted by molar-refractivity contribution is 9.09. The van der Waals surface area contributed by atoms with Gasteiger partial charge < -0.3 is 4.90 Å². The van der Waals surface area contributed by atoms with Crippen molar-refractivity contribution in [1.82, 2.24) is 4.90 Å². The van der Waals surface area contributed by atoms with Gasteiger partial charge in [0.2, 0.25) is 5.91 Å². The van der Waals surface area contributed by atoms with Gasteiger partial charge in [-0.05, 0) is 25.7 Å². The Morgan fingerprint density at radius 1 is 1.21 bits per heavy atom. The molecule has 0 aromatic heterocycles. The molecule has 0 spiro atoms. The Bertz CT molecular complexity index is 209. The fraction of sp³-hybridized carbons (Fsp3) is 0.909. The number of rotatable bonds is 4. The number of alkyl halides is 1. The third-order valence-corrected chi connectivity index (χ3v) is 3.66. The van der Waals surface area contributed by atoms with Crippen molar-refractivity contribution >= 4 is 21.8 Å². The van der Waals surface area contributed by atoms with Crippen LogP contribution in [0, 0.1) is 5.92 Å². The minimum atomic E-state index is 0.384. The van der Waals surface area contributed by atoms with Crippen molar-refractivity contribution in [3.05, 3.63) is 0 Å². The molecule has 0 N–H and O–H groups in total. The minimum absolute atomic E-state index is 0.384. The van der Waals surface area contributed by atoms with Crippen LogP contribution < -0.4 is 0 Å². The first-order valence-corrected chi connectivity index (χ1v) is 6.81. The predicted octanol–water partition coefficient (Wildman–Crippen LogP) is 2.56. The van der Waals surface area contributed by atoms with E-state index in [9.17, 15) is 4.79 Å². The summed E-state index contributed by atoms with van der Waals surface area (Å²) in [6, 6.07) is 0.556. The molecule has 0 saturated heterocycles. The molecule has 2 aliphatic rings. The topological polar surface area (TPSA) is 20.3 Å². The van der Waals surface area contributed by atoms with Crippen LogP contribution in [0.3, 0.4) is 0 Å². The quantitative estimate of drug-likeness (QED) is 0.711. The molecule has 2 fully saturated rings. The van der Waals surface area contributed by atoms with Crippen molar-refractivity contribution in [2.24, 2.45) is 5.92 Å². The van der Waals surface area contributed by atoms with Crippen molar-refractivity contribution < 1.29 is 4.79 Å². The zero-order chi connectivity index (χ0) is 9.97. The van der Waals surface area contributed by atoms with E-state index in [4.69, 9.17) is 0 Å². The molecule has 2 rings (SSSR count). The Balaban J connectivity index is 1.94. The summed E-state index contributed by atoms with van der Waals surface area (Å²) in [5.74, 6) is 0.811. The van der Waals surface area contributed by atoms with E-state index in [1.54, 1.807) is 0 Å². The maximum Gasteiger partial charge on any atom is 0.225 e. The van der Waals surface area contributed by atoms with Gasteiger partial charge in [-0.15, -0.1) is 0 Å². The standard InChI is InChI=1S/C11H18BrNO/c12-7-8-13(10-3-1-2-4-10)11(14)9-5-6-9/h9-10H,1-8H2. The molecule has 0 aromatic carbocycles. The van der Waals surface area contributed by atoms with Crippen LogP contribution in [0.15, 0.2) is 0 Å². The molecule has 0 unspecified atom stereocenters. The van der Waals surface area contributed by atoms with Crippen LogP contribution in [-0.2, 0) is 4.79 Å². The van der Waals surface area contributed by atoms with E-state index in [0.717, 1.165) is 24.7 Å². The Hall–Kier alpha value is -0.0500. The van der Waals surface area contributed by atoms with Crippen LogP contribution in [0.25, 0.3) is 0 Å². The second kappa shape index (κ2) is 4.65. The lowest BCUT2D eigenvalue weighted by Crippen LogP contribution is -2.41. The number of hydrogen-bond donors (Lipinski definition) is 0. The van der Waals surface area contributed by atoms with E-state index in [1.807, 2.05) is 0 Å². The molecule has 2 nitrogen and oxygen atoms in total. The van der Waals surface area contributed by atoms with Crippen molar-refractivity contribution in [2.75, 3.05) is 11.9 Å². The Kier molecular flexibility index (Phi) is 3.47.